The number of nitrogens with zero attached hydrogens (tertiary/aromatic N) is 4. The second-order valence-electron chi connectivity index (χ2n) is 7.78. The van der Waals surface area contributed by atoms with Crippen LogP contribution in [0.2, 0.25) is 5.15 Å². The van der Waals surface area contributed by atoms with Crippen LogP contribution in [0, 0.1) is 11.8 Å². The zero-order valence-electron chi connectivity index (χ0n) is 17.0. The summed E-state index contributed by atoms with van der Waals surface area (Å²) in [6, 6.07) is 14.6. The molecule has 8 nitrogen and oxygen atoms in total. The lowest BCUT2D eigenvalue weighted by Crippen LogP contribution is -2.52. The number of piperidine rings is 2. The summed E-state index contributed by atoms with van der Waals surface area (Å²) < 4.78 is 0. The number of carboxylic acids is 2. The van der Waals surface area contributed by atoms with Crippen molar-refractivity contribution < 1.29 is 19.8 Å². The summed E-state index contributed by atoms with van der Waals surface area (Å²) in [5.41, 5.74) is 1.41. The maximum absolute atomic E-state index is 9.55. The van der Waals surface area contributed by atoms with Crippen molar-refractivity contribution in [3.63, 3.8) is 0 Å². The molecule has 2 fully saturated rings. The maximum Gasteiger partial charge on any atom is 0.328 e. The fourth-order valence-electron chi connectivity index (χ4n) is 4.17. The number of aliphatic carboxylic acids is 2. The largest absolute Gasteiger partial charge is 0.478 e. The summed E-state index contributed by atoms with van der Waals surface area (Å²) in [4.78, 5) is 24.1. The Labute approximate surface area is 185 Å². The van der Waals surface area contributed by atoms with Crippen molar-refractivity contribution in [3.05, 3.63) is 65.3 Å². The van der Waals surface area contributed by atoms with Gasteiger partial charge in [-0.1, -0.05) is 41.9 Å². The predicted molar refractivity (Wildman–Crippen MR) is 117 cm³/mol. The van der Waals surface area contributed by atoms with E-state index >= 15 is 0 Å². The third kappa shape index (κ3) is 7.34. The minimum absolute atomic E-state index is 0.458. The molecule has 2 N–H and O–H groups in total. The van der Waals surface area contributed by atoms with Crippen LogP contribution in [0.3, 0.4) is 0 Å². The summed E-state index contributed by atoms with van der Waals surface area (Å²) >= 11 is 5.84. The molecule has 9 heteroatoms. The van der Waals surface area contributed by atoms with Gasteiger partial charge in [0, 0.05) is 44.9 Å². The first-order valence-corrected chi connectivity index (χ1v) is 10.4. The molecule has 2 bridgehead atoms. The van der Waals surface area contributed by atoms with E-state index in [2.05, 4.69) is 50.3 Å². The van der Waals surface area contributed by atoms with Crippen LogP contribution >= 0.6 is 11.6 Å². The summed E-state index contributed by atoms with van der Waals surface area (Å²) in [6.45, 7) is 5.54. The Morgan fingerprint density at radius 2 is 1.55 bits per heavy atom. The Hall–Kier alpha value is -2.97. The molecule has 2 atom stereocenters. The molecule has 31 heavy (non-hydrogen) atoms. The highest BCUT2D eigenvalue weighted by molar-refractivity contribution is 6.29. The van der Waals surface area contributed by atoms with E-state index in [-0.39, 0.29) is 0 Å². The van der Waals surface area contributed by atoms with Gasteiger partial charge in [-0.15, -0.1) is 10.2 Å². The second kappa shape index (κ2) is 10.9. The van der Waals surface area contributed by atoms with Crippen LogP contribution < -0.4 is 4.90 Å². The molecule has 2 aromatic rings. The minimum atomic E-state index is -1.26. The molecule has 3 heterocycles. The SMILES string of the molecule is Clc1ccc(N2CC3CC(CN(Cc4ccccc4)C3)C2)nn1.O=C(O)/C=C/C(=O)O. The van der Waals surface area contributed by atoms with Gasteiger partial charge < -0.3 is 15.1 Å². The molecule has 2 aliphatic heterocycles. The quantitative estimate of drug-likeness (QED) is 0.678. The van der Waals surface area contributed by atoms with Crippen molar-refractivity contribution in [2.45, 2.75) is 13.0 Å². The van der Waals surface area contributed by atoms with Crippen molar-refractivity contribution in [3.8, 4) is 0 Å². The van der Waals surface area contributed by atoms with Gasteiger partial charge in [-0.2, -0.15) is 0 Å². The van der Waals surface area contributed by atoms with Gasteiger partial charge in [-0.3, -0.25) is 4.90 Å². The molecule has 2 saturated heterocycles. The standard InChI is InChI=1S/C18H21ClN4.C4H4O4/c19-17-6-7-18(21-20-17)23-12-15-8-16(13-23)11-22(10-15)9-14-4-2-1-3-5-14;5-3(6)1-2-4(7)8/h1-7,15-16H,8-13H2;1-2H,(H,5,6)(H,7,8)/b;2-1+. The van der Waals surface area contributed by atoms with E-state index in [9.17, 15) is 9.59 Å². The van der Waals surface area contributed by atoms with Crippen LogP contribution in [0.25, 0.3) is 0 Å². The molecular weight excluding hydrogens is 420 g/mol. The molecular formula is C22H25ClN4O4. The number of aromatic nitrogens is 2. The summed E-state index contributed by atoms with van der Waals surface area (Å²) in [5, 5.41) is 24.3. The number of hydrogen-bond donors (Lipinski definition) is 2. The van der Waals surface area contributed by atoms with Crippen molar-refractivity contribution >= 4 is 29.4 Å². The second-order valence-corrected chi connectivity index (χ2v) is 8.16. The highest BCUT2D eigenvalue weighted by Crippen LogP contribution is 2.31. The average Bonchev–Trinajstić information content (AvgIpc) is 2.73. The van der Waals surface area contributed by atoms with Crippen LogP contribution in [0.5, 0.6) is 0 Å². The lowest BCUT2D eigenvalue weighted by atomic mass is 9.84. The number of carboxylic acid groups (broad SMARTS) is 2. The Balaban J connectivity index is 0.000000293. The molecule has 1 aromatic heterocycles. The van der Waals surface area contributed by atoms with Gasteiger partial charge >= 0.3 is 11.9 Å². The highest BCUT2D eigenvalue weighted by Gasteiger charge is 2.34. The third-order valence-corrected chi connectivity index (χ3v) is 5.42. The van der Waals surface area contributed by atoms with Gasteiger partial charge in [-0.25, -0.2) is 9.59 Å². The molecule has 0 radical (unpaired) electrons. The first-order chi connectivity index (χ1) is 14.9. The number of halogens is 1. The van der Waals surface area contributed by atoms with Gasteiger partial charge in [0.1, 0.15) is 0 Å². The van der Waals surface area contributed by atoms with E-state index in [0.29, 0.717) is 29.1 Å². The zero-order chi connectivity index (χ0) is 22.2. The van der Waals surface area contributed by atoms with Gasteiger partial charge in [0.05, 0.1) is 0 Å². The predicted octanol–water partition coefficient (Wildman–Crippen LogP) is 2.80. The van der Waals surface area contributed by atoms with Crippen LogP contribution in [-0.4, -0.2) is 63.4 Å². The Morgan fingerprint density at radius 3 is 2.06 bits per heavy atom. The first-order valence-electron chi connectivity index (χ1n) is 10.0. The van der Waals surface area contributed by atoms with Gasteiger partial charge in [-0.05, 0) is 36.0 Å². The monoisotopic (exact) mass is 444 g/mol. The topological polar surface area (TPSA) is 107 Å². The third-order valence-electron chi connectivity index (χ3n) is 5.22. The zero-order valence-corrected chi connectivity index (χ0v) is 17.7. The van der Waals surface area contributed by atoms with E-state index in [0.717, 1.165) is 25.5 Å². The average molecular weight is 445 g/mol. The van der Waals surface area contributed by atoms with Gasteiger partial charge in [0.15, 0.2) is 11.0 Å². The van der Waals surface area contributed by atoms with Crippen LogP contribution in [0.15, 0.2) is 54.6 Å². The highest BCUT2D eigenvalue weighted by atomic mass is 35.5. The fraction of sp³-hybridized carbons (Fsp3) is 0.364. The van der Waals surface area contributed by atoms with Crippen LogP contribution in [0.4, 0.5) is 5.82 Å². The number of anilines is 1. The fourth-order valence-corrected chi connectivity index (χ4v) is 4.27. The molecule has 0 aliphatic carbocycles. The molecule has 0 saturated carbocycles. The number of fused-ring (bicyclic) bond motifs is 2. The molecule has 0 spiro atoms. The summed E-state index contributed by atoms with van der Waals surface area (Å²) in [5.74, 6) is -0.132. The van der Waals surface area contributed by atoms with Crippen molar-refractivity contribution in [2.75, 3.05) is 31.1 Å². The summed E-state index contributed by atoms with van der Waals surface area (Å²) in [6.07, 6.45) is 2.45. The number of likely N-dealkylation sites (tertiary alicyclic amines) is 1. The van der Waals surface area contributed by atoms with Crippen molar-refractivity contribution in [1.29, 1.82) is 0 Å². The molecule has 4 rings (SSSR count). The number of hydrogen-bond acceptors (Lipinski definition) is 6. The van der Waals surface area contributed by atoms with E-state index in [1.54, 1.807) is 0 Å². The number of rotatable bonds is 5. The lowest BCUT2D eigenvalue weighted by molar-refractivity contribution is -0.134. The Kier molecular flexibility index (Phi) is 7.97. The van der Waals surface area contributed by atoms with Gasteiger partial charge in [0.25, 0.3) is 0 Å². The van der Waals surface area contributed by atoms with Crippen LogP contribution in [-0.2, 0) is 16.1 Å². The van der Waals surface area contributed by atoms with E-state index in [4.69, 9.17) is 21.8 Å². The smallest absolute Gasteiger partial charge is 0.328 e. The molecule has 2 aliphatic rings. The lowest BCUT2D eigenvalue weighted by Gasteiger charge is -2.46. The molecule has 0 amide bonds. The Bertz CT molecular complexity index is 877. The van der Waals surface area contributed by atoms with Crippen molar-refractivity contribution in [2.24, 2.45) is 11.8 Å². The van der Waals surface area contributed by atoms with Crippen LogP contribution in [0.1, 0.15) is 12.0 Å². The van der Waals surface area contributed by atoms with E-state index < -0.39 is 11.9 Å². The maximum atomic E-state index is 9.55. The normalized spacial score (nSPS) is 20.7. The van der Waals surface area contributed by atoms with E-state index in [1.807, 2.05) is 12.1 Å². The number of benzene rings is 1. The van der Waals surface area contributed by atoms with Gasteiger partial charge in [0.2, 0.25) is 0 Å². The molecule has 164 valence electrons. The minimum Gasteiger partial charge on any atom is -0.478 e. The van der Waals surface area contributed by atoms with Crippen molar-refractivity contribution in [1.82, 2.24) is 15.1 Å². The molecule has 1 aromatic carbocycles. The summed E-state index contributed by atoms with van der Waals surface area (Å²) in [7, 11) is 0. The number of carbonyl (C=O) groups is 2. The Morgan fingerprint density at radius 1 is 0.935 bits per heavy atom. The van der Waals surface area contributed by atoms with E-state index in [1.165, 1.54) is 25.1 Å². The first kappa shape index (κ1) is 22.7. The molecule has 2 unspecified atom stereocenters.